The summed E-state index contributed by atoms with van der Waals surface area (Å²) in [6, 6.07) is 17.2. The Morgan fingerprint density at radius 3 is 2.50 bits per heavy atom. The van der Waals surface area contributed by atoms with Crippen LogP contribution in [0.4, 0.5) is 0 Å². The summed E-state index contributed by atoms with van der Waals surface area (Å²) in [5, 5.41) is 3.25. The first-order valence-electron chi connectivity index (χ1n) is 10.0. The molecule has 4 nitrogen and oxygen atoms in total. The molecule has 150 valence electrons. The number of aryl methyl sites for hydroxylation is 2. The van der Waals surface area contributed by atoms with Crippen LogP contribution in [0.1, 0.15) is 29.7 Å². The molecule has 2 aromatic rings. The van der Waals surface area contributed by atoms with Crippen molar-refractivity contribution in [1.82, 2.24) is 5.32 Å². The van der Waals surface area contributed by atoms with Gasteiger partial charge in [0, 0.05) is 10.5 Å². The molecule has 0 aliphatic carbocycles. The van der Waals surface area contributed by atoms with Crippen LogP contribution >= 0.6 is 11.8 Å². The number of rotatable bonds is 7. The molecule has 0 unspecified atom stereocenters. The molecule has 1 aliphatic heterocycles. The van der Waals surface area contributed by atoms with Gasteiger partial charge >= 0.3 is 0 Å². The lowest BCUT2D eigenvalue weighted by Gasteiger charge is -2.35. The monoisotopic (exact) mass is 399 g/mol. The fourth-order valence-corrected chi connectivity index (χ4v) is 4.62. The summed E-state index contributed by atoms with van der Waals surface area (Å²) >= 11 is 1.60. The van der Waals surface area contributed by atoms with E-state index in [-0.39, 0.29) is 18.0 Å². The molecular weight excluding hydrogens is 368 g/mol. The fraction of sp³-hybridized carbons (Fsp3) is 0.435. The van der Waals surface area contributed by atoms with Gasteiger partial charge in [0.1, 0.15) is 19.1 Å². The van der Waals surface area contributed by atoms with Crippen molar-refractivity contribution in [2.45, 2.75) is 37.8 Å². The van der Waals surface area contributed by atoms with Gasteiger partial charge in [-0.2, -0.15) is 0 Å². The van der Waals surface area contributed by atoms with Crippen molar-refractivity contribution >= 4 is 17.7 Å². The molecule has 0 aromatic heterocycles. The van der Waals surface area contributed by atoms with E-state index in [0.29, 0.717) is 5.75 Å². The summed E-state index contributed by atoms with van der Waals surface area (Å²) in [7, 11) is 0. The van der Waals surface area contributed by atoms with Crippen molar-refractivity contribution in [2.75, 3.05) is 32.1 Å². The van der Waals surface area contributed by atoms with Gasteiger partial charge in [-0.3, -0.25) is 4.79 Å². The molecule has 1 amide bonds. The van der Waals surface area contributed by atoms with Crippen molar-refractivity contribution in [2.24, 2.45) is 0 Å². The Kier molecular flexibility index (Phi) is 7.54. The van der Waals surface area contributed by atoms with Crippen LogP contribution in [-0.2, 0) is 9.53 Å². The second kappa shape index (κ2) is 10.1. The summed E-state index contributed by atoms with van der Waals surface area (Å²) in [6.45, 7) is 9.84. The molecule has 2 N–H and O–H groups in total. The van der Waals surface area contributed by atoms with Crippen LogP contribution in [0.5, 0.6) is 0 Å². The average molecular weight is 400 g/mol. The average Bonchev–Trinajstić information content (AvgIpc) is 2.71. The molecule has 3 rings (SSSR count). The van der Waals surface area contributed by atoms with Crippen molar-refractivity contribution in [3.8, 4) is 0 Å². The van der Waals surface area contributed by atoms with E-state index in [0.717, 1.165) is 31.2 Å². The largest absolute Gasteiger partial charge is 0.370 e. The number of hydrogen-bond donors (Lipinski definition) is 2. The van der Waals surface area contributed by atoms with Crippen molar-refractivity contribution in [3.63, 3.8) is 0 Å². The standard InChI is InChI=1S/C23H30N2O2S/c1-17-9-10-21(15-18(17)2)28-16-22(26)24-19(3)23(20-7-5-4-6-8-20)25-11-13-27-14-12-25/h4-10,15,19,23H,11-14,16H2,1-3H3,(H,24,26)/p+1/t19-,23-/m0/s1. The highest BCUT2D eigenvalue weighted by Gasteiger charge is 2.32. The molecule has 1 saturated heterocycles. The second-order valence-corrected chi connectivity index (χ2v) is 8.60. The first-order valence-corrected chi connectivity index (χ1v) is 11.0. The highest BCUT2D eigenvalue weighted by Crippen LogP contribution is 2.21. The van der Waals surface area contributed by atoms with Crippen molar-refractivity contribution < 1.29 is 14.4 Å². The zero-order valence-electron chi connectivity index (χ0n) is 17.0. The number of morpholine rings is 1. The lowest BCUT2D eigenvalue weighted by Crippen LogP contribution is -3.15. The highest BCUT2D eigenvalue weighted by atomic mass is 32.2. The van der Waals surface area contributed by atoms with E-state index in [1.165, 1.54) is 21.6 Å². The van der Waals surface area contributed by atoms with Gasteiger partial charge in [-0.15, -0.1) is 11.8 Å². The lowest BCUT2D eigenvalue weighted by molar-refractivity contribution is -0.940. The minimum Gasteiger partial charge on any atom is -0.370 e. The number of thioether (sulfide) groups is 1. The Labute approximate surface area is 172 Å². The van der Waals surface area contributed by atoms with E-state index in [1.54, 1.807) is 11.8 Å². The van der Waals surface area contributed by atoms with Gasteiger partial charge in [0.2, 0.25) is 5.91 Å². The SMILES string of the molecule is Cc1ccc(SCC(=O)N[C@@H](C)[C@@H](c2ccccc2)[NH+]2CCOCC2)cc1C. The number of carbonyl (C=O) groups excluding carboxylic acids is 1. The van der Waals surface area contributed by atoms with E-state index in [9.17, 15) is 4.79 Å². The molecule has 0 radical (unpaired) electrons. The second-order valence-electron chi connectivity index (χ2n) is 7.55. The minimum absolute atomic E-state index is 0.0587. The van der Waals surface area contributed by atoms with E-state index >= 15 is 0 Å². The fourth-order valence-electron chi connectivity index (χ4n) is 3.81. The molecule has 1 heterocycles. The summed E-state index contributed by atoms with van der Waals surface area (Å²) in [4.78, 5) is 15.3. The van der Waals surface area contributed by atoms with Gasteiger partial charge in [-0.05, 0) is 44.0 Å². The number of amides is 1. The zero-order chi connectivity index (χ0) is 19.9. The molecule has 1 aliphatic rings. The van der Waals surface area contributed by atoms with Crippen LogP contribution in [0.25, 0.3) is 0 Å². The summed E-state index contributed by atoms with van der Waals surface area (Å²) in [5.74, 6) is 0.525. The molecule has 2 atom stereocenters. The maximum absolute atomic E-state index is 12.6. The maximum Gasteiger partial charge on any atom is 0.230 e. The summed E-state index contributed by atoms with van der Waals surface area (Å²) < 4.78 is 5.54. The van der Waals surface area contributed by atoms with Crippen LogP contribution in [-0.4, -0.2) is 44.0 Å². The van der Waals surface area contributed by atoms with E-state index in [1.807, 2.05) is 6.07 Å². The number of nitrogens with one attached hydrogen (secondary N) is 2. The predicted molar refractivity (Wildman–Crippen MR) is 115 cm³/mol. The third-order valence-electron chi connectivity index (χ3n) is 5.47. The van der Waals surface area contributed by atoms with Gasteiger partial charge in [-0.1, -0.05) is 36.4 Å². The molecule has 0 saturated carbocycles. The van der Waals surface area contributed by atoms with E-state index < -0.39 is 0 Å². The first kappa shape index (κ1) is 20.9. The molecule has 28 heavy (non-hydrogen) atoms. The van der Waals surface area contributed by atoms with Crippen LogP contribution in [0, 0.1) is 13.8 Å². The zero-order valence-corrected chi connectivity index (χ0v) is 17.9. The first-order chi connectivity index (χ1) is 13.5. The lowest BCUT2D eigenvalue weighted by atomic mass is 9.98. The van der Waals surface area contributed by atoms with Gasteiger partial charge < -0.3 is 15.0 Å². The molecule has 0 bridgehead atoms. The minimum atomic E-state index is 0.0587. The van der Waals surface area contributed by atoms with E-state index in [2.05, 4.69) is 68.6 Å². The number of quaternary nitrogens is 1. The summed E-state index contributed by atoms with van der Waals surface area (Å²) in [5.41, 5.74) is 3.81. The molecule has 0 spiro atoms. The van der Waals surface area contributed by atoms with Crippen LogP contribution in [0.3, 0.4) is 0 Å². The van der Waals surface area contributed by atoms with E-state index in [4.69, 9.17) is 4.74 Å². The summed E-state index contributed by atoms with van der Waals surface area (Å²) in [6.07, 6.45) is 0. The molecule has 2 aromatic carbocycles. The Morgan fingerprint density at radius 2 is 1.82 bits per heavy atom. The van der Waals surface area contributed by atoms with Gasteiger partial charge in [0.05, 0.1) is 25.0 Å². The third-order valence-corrected chi connectivity index (χ3v) is 6.46. The molecular formula is C23H31N2O2S+. The third kappa shape index (κ3) is 5.60. The van der Waals surface area contributed by atoms with Crippen LogP contribution in [0.15, 0.2) is 53.4 Å². The maximum atomic E-state index is 12.6. The van der Waals surface area contributed by atoms with Gasteiger partial charge in [0.15, 0.2) is 0 Å². The normalized spacial score (nSPS) is 17.1. The highest BCUT2D eigenvalue weighted by molar-refractivity contribution is 8.00. The number of benzene rings is 2. The Balaban J connectivity index is 1.62. The smallest absolute Gasteiger partial charge is 0.230 e. The number of ether oxygens (including phenoxy) is 1. The topological polar surface area (TPSA) is 42.8 Å². The van der Waals surface area contributed by atoms with Crippen molar-refractivity contribution in [1.29, 1.82) is 0 Å². The Bertz CT molecular complexity index is 775. The quantitative estimate of drug-likeness (QED) is 0.703. The van der Waals surface area contributed by atoms with Crippen molar-refractivity contribution in [3.05, 3.63) is 65.2 Å². The number of carbonyl (C=O) groups is 1. The molecule has 1 fully saturated rings. The van der Waals surface area contributed by atoms with Gasteiger partial charge in [-0.25, -0.2) is 0 Å². The molecule has 5 heteroatoms. The van der Waals surface area contributed by atoms with Gasteiger partial charge in [0.25, 0.3) is 0 Å². The Hall–Kier alpha value is -1.82. The van der Waals surface area contributed by atoms with Crippen LogP contribution in [0.2, 0.25) is 0 Å². The number of hydrogen-bond acceptors (Lipinski definition) is 3. The Morgan fingerprint density at radius 1 is 1.11 bits per heavy atom. The van der Waals surface area contributed by atoms with Crippen LogP contribution < -0.4 is 10.2 Å². The predicted octanol–water partition coefficient (Wildman–Crippen LogP) is 2.56.